The summed E-state index contributed by atoms with van der Waals surface area (Å²) in [4.78, 5) is 4.19. The highest BCUT2D eigenvalue weighted by atomic mass is 35.5. The highest BCUT2D eigenvalue weighted by molar-refractivity contribution is 6.36. The van der Waals surface area contributed by atoms with Gasteiger partial charge < -0.3 is 5.73 Å². The van der Waals surface area contributed by atoms with Gasteiger partial charge in [0, 0.05) is 16.8 Å². The van der Waals surface area contributed by atoms with Crippen molar-refractivity contribution in [2.24, 2.45) is 0 Å². The summed E-state index contributed by atoms with van der Waals surface area (Å²) in [5.41, 5.74) is 7.26. The Morgan fingerprint density at radius 1 is 1.18 bits per heavy atom. The quantitative estimate of drug-likeness (QED) is 0.777. The summed E-state index contributed by atoms with van der Waals surface area (Å²) in [5, 5.41) is 14.7. The summed E-state index contributed by atoms with van der Waals surface area (Å²) in [6.07, 6.45) is 1.62. The molecular weight excluding hydrogens is 321 g/mol. The fourth-order valence-corrected chi connectivity index (χ4v) is 2.56. The first-order chi connectivity index (χ1) is 10.6. The van der Waals surface area contributed by atoms with Crippen LogP contribution in [0.25, 0.3) is 17.1 Å². The number of nitrogens with two attached hydrogens (primary N) is 1. The maximum Gasteiger partial charge on any atom is 0.155 e. The smallest absolute Gasteiger partial charge is 0.155 e. The molecule has 3 rings (SSSR count). The molecule has 0 spiro atoms. The molecule has 108 valence electrons. The van der Waals surface area contributed by atoms with Gasteiger partial charge in [0.1, 0.15) is 23.1 Å². The highest BCUT2D eigenvalue weighted by Crippen LogP contribution is 2.34. The van der Waals surface area contributed by atoms with Gasteiger partial charge >= 0.3 is 0 Å². The summed E-state index contributed by atoms with van der Waals surface area (Å²) in [5.74, 6) is 0.732. The minimum atomic E-state index is 0.210. The molecule has 0 aliphatic rings. The van der Waals surface area contributed by atoms with Crippen LogP contribution in [0, 0.1) is 11.3 Å². The lowest BCUT2D eigenvalue weighted by Crippen LogP contribution is -2.03. The lowest BCUT2D eigenvalue weighted by molar-refractivity contribution is 0.860. The molecule has 0 unspecified atom stereocenters. The van der Waals surface area contributed by atoms with Crippen LogP contribution in [0.2, 0.25) is 10.0 Å². The number of aromatic nitrogens is 3. The molecule has 22 heavy (non-hydrogen) atoms. The van der Waals surface area contributed by atoms with Crippen LogP contribution in [0.15, 0.2) is 42.6 Å². The Hall–Kier alpha value is -2.55. The molecule has 0 saturated carbocycles. The van der Waals surface area contributed by atoms with E-state index in [1.165, 1.54) is 4.68 Å². The Labute approximate surface area is 136 Å². The van der Waals surface area contributed by atoms with Gasteiger partial charge in [-0.1, -0.05) is 29.3 Å². The number of hydrogen-bond donors (Lipinski definition) is 1. The largest absolute Gasteiger partial charge is 0.382 e. The summed E-state index contributed by atoms with van der Waals surface area (Å²) in [6.45, 7) is 0. The average Bonchev–Trinajstić information content (AvgIpc) is 2.84. The monoisotopic (exact) mass is 329 g/mol. The zero-order chi connectivity index (χ0) is 15.7. The van der Waals surface area contributed by atoms with E-state index in [9.17, 15) is 5.26 Å². The van der Waals surface area contributed by atoms with E-state index in [0.717, 1.165) is 0 Å². The molecule has 2 heterocycles. The van der Waals surface area contributed by atoms with E-state index in [4.69, 9.17) is 28.9 Å². The molecule has 0 radical (unpaired) electrons. The molecule has 0 saturated heterocycles. The lowest BCUT2D eigenvalue weighted by atomic mass is 10.1. The van der Waals surface area contributed by atoms with Crippen molar-refractivity contribution < 1.29 is 0 Å². The van der Waals surface area contributed by atoms with Crippen LogP contribution in [0.3, 0.4) is 0 Å². The number of halogens is 2. The number of nitriles is 1. The number of pyridine rings is 1. The maximum atomic E-state index is 9.39. The molecule has 7 heteroatoms. The van der Waals surface area contributed by atoms with E-state index in [1.54, 1.807) is 36.5 Å². The van der Waals surface area contributed by atoms with Crippen LogP contribution in [0.4, 0.5) is 5.82 Å². The van der Waals surface area contributed by atoms with E-state index in [1.807, 2.05) is 6.07 Å². The number of benzene rings is 1. The first-order valence-electron chi connectivity index (χ1n) is 6.27. The third kappa shape index (κ3) is 2.39. The first-order valence-corrected chi connectivity index (χ1v) is 7.03. The summed E-state index contributed by atoms with van der Waals surface area (Å²) in [6, 6.07) is 12.4. The van der Waals surface area contributed by atoms with Gasteiger partial charge in [-0.15, -0.1) is 0 Å². The summed E-state index contributed by atoms with van der Waals surface area (Å²) < 4.78 is 1.42. The van der Waals surface area contributed by atoms with Crippen LogP contribution in [0.1, 0.15) is 5.56 Å². The molecule has 3 aromatic rings. The molecule has 0 amide bonds. The van der Waals surface area contributed by atoms with Gasteiger partial charge in [-0.2, -0.15) is 15.0 Å². The molecule has 1 aromatic carbocycles. The van der Waals surface area contributed by atoms with Crippen molar-refractivity contribution in [3.63, 3.8) is 0 Å². The summed E-state index contributed by atoms with van der Waals surface area (Å²) in [7, 11) is 0. The van der Waals surface area contributed by atoms with Crippen molar-refractivity contribution in [3.05, 3.63) is 58.2 Å². The molecular formula is C15H9Cl2N5. The zero-order valence-corrected chi connectivity index (χ0v) is 12.7. The second-order valence-electron chi connectivity index (χ2n) is 4.44. The number of nitrogen functional groups attached to an aromatic ring is 1. The molecule has 0 fully saturated rings. The topological polar surface area (TPSA) is 80.5 Å². The molecule has 0 aliphatic heterocycles. The Morgan fingerprint density at radius 2 is 2.00 bits per heavy atom. The van der Waals surface area contributed by atoms with E-state index in [0.29, 0.717) is 27.1 Å². The van der Waals surface area contributed by atoms with E-state index in [2.05, 4.69) is 16.2 Å². The SMILES string of the molecule is N#Cc1c(-c2ccc(Cl)cc2Cl)nn(-c2ccccn2)c1N. The van der Waals surface area contributed by atoms with E-state index >= 15 is 0 Å². The predicted octanol–water partition coefficient (Wildman–Crippen LogP) is 3.69. The molecule has 2 N–H and O–H groups in total. The molecule has 0 aliphatic carbocycles. The van der Waals surface area contributed by atoms with Gasteiger partial charge in [0.15, 0.2) is 5.82 Å². The van der Waals surface area contributed by atoms with Gasteiger partial charge in [-0.3, -0.25) is 0 Å². The van der Waals surface area contributed by atoms with Crippen molar-refractivity contribution in [3.8, 4) is 23.1 Å². The zero-order valence-electron chi connectivity index (χ0n) is 11.2. The Kier molecular flexibility index (Phi) is 3.72. The Bertz CT molecular complexity index is 881. The van der Waals surface area contributed by atoms with Gasteiger partial charge in [-0.05, 0) is 30.3 Å². The highest BCUT2D eigenvalue weighted by Gasteiger charge is 2.20. The fourth-order valence-electron chi connectivity index (χ4n) is 2.07. The Morgan fingerprint density at radius 3 is 2.64 bits per heavy atom. The minimum absolute atomic E-state index is 0.210. The fraction of sp³-hybridized carbons (Fsp3) is 0. The lowest BCUT2D eigenvalue weighted by Gasteiger charge is -2.02. The van der Waals surface area contributed by atoms with Gasteiger partial charge in [0.05, 0.1) is 5.02 Å². The normalized spacial score (nSPS) is 10.4. The molecule has 0 bridgehead atoms. The van der Waals surface area contributed by atoms with Crippen molar-refractivity contribution in [1.82, 2.24) is 14.8 Å². The van der Waals surface area contributed by atoms with E-state index in [-0.39, 0.29) is 11.4 Å². The Balaban J connectivity index is 2.24. The number of hydrogen-bond acceptors (Lipinski definition) is 4. The third-order valence-corrected chi connectivity index (χ3v) is 3.63. The average molecular weight is 330 g/mol. The van der Waals surface area contributed by atoms with Crippen molar-refractivity contribution in [2.45, 2.75) is 0 Å². The minimum Gasteiger partial charge on any atom is -0.382 e. The van der Waals surface area contributed by atoms with Crippen LogP contribution >= 0.6 is 23.2 Å². The van der Waals surface area contributed by atoms with Gasteiger partial charge in [0.2, 0.25) is 0 Å². The molecule has 0 atom stereocenters. The first kappa shape index (κ1) is 14.4. The number of nitrogens with zero attached hydrogens (tertiary/aromatic N) is 4. The van der Waals surface area contributed by atoms with Crippen molar-refractivity contribution in [2.75, 3.05) is 5.73 Å². The van der Waals surface area contributed by atoms with Crippen LogP contribution in [-0.4, -0.2) is 14.8 Å². The van der Waals surface area contributed by atoms with Crippen LogP contribution in [0.5, 0.6) is 0 Å². The van der Waals surface area contributed by atoms with Gasteiger partial charge in [-0.25, -0.2) is 4.98 Å². The number of rotatable bonds is 2. The maximum absolute atomic E-state index is 9.39. The van der Waals surface area contributed by atoms with E-state index < -0.39 is 0 Å². The van der Waals surface area contributed by atoms with Crippen LogP contribution < -0.4 is 5.73 Å². The molecule has 5 nitrogen and oxygen atoms in total. The second kappa shape index (κ2) is 5.68. The van der Waals surface area contributed by atoms with Crippen molar-refractivity contribution >= 4 is 29.0 Å². The molecule has 2 aromatic heterocycles. The van der Waals surface area contributed by atoms with Crippen LogP contribution in [-0.2, 0) is 0 Å². The second-order valence-corrected chi connectivity index (χ2v) is 5.29. The standard InChI is InChI=1S/C15H9Cl2N5/c16-9-4-5-10(12(17)7-9)14-11(8-18)15(19)22(21-14)13-3-1-2-6-20-13/h1-7H,19H2. The summed E-state index contributed by atoms with van der Waals surface area (Å²) >= 11 is 12.1. The third-order valence-electron chi connectivity index (χ3n) is 3.09. The predicted molar refractivity (Wildman–Crippen MR) is 85.9 cm³/mol. The van der Waals surface area contributed by atoms with Crippen molar-refractivity contribution in [1.29, 1.82) is 5.26 Å². The number of anilines is 1. The van der Waals surface area contributed by atoms with Gasteiger partial charge in [0.25, 0.3) is 0 Å².